The highest BCUT2D eigenvalue weighted by Gasteiger charge is 2.04. The number of hydrogen-bond acceptors (Lipinski definition) is 2. The zero-order valence-corrected chi connectivity index (χ0v) is 9.30. The molecule has 0 atom stereocenters. The van der Waals surface area contributed by atoms with Crippen molar-refractivity contribution in [2.75, 3.05) is 19.0 Å². The van der Waals surface area contributed by atoms with Gasteiger partial charge in [-0.15, -0.1) is 0 Å². The van der Waals surface area contributed by atoms with Crippen LogP contribution in [0, 0.1) is 0 Å². The summed E-state index contributed by atoms with van der Waals surface area (Å²) in [5.41, 5.74) is 1.65. The molecule has 0 aliphatic rings. The summed E-state index contributed by atoms with van der Waals surface area (Å²) >= 11 is 5.76. The number of anilines is 1. The molecule has 2 aromatic rings. The molecule has 78 valence electrons. The van der Waals surface area contributed by atoms with Crippen molar-refractivity contribution in [3.05, 3.63) is 39.6 Å². The van der Waals surface area contributed by atoms with Gasteiger partial charge in [0, 0.05) is 36.9 Å². The quantitative estimate of drug-likeness (QED) is 0.804. The predicted octanol–water partition coefficient (Wildman–Crippen LogP) is 2.25. The van der Waals surface area contributed by atoms with Crippen LogP contribution < -0.4 is 10.3 Å². The second-order valence-electron chi connectivity index (χ2n) is 3.59. The summed E-state index contributed by atoms with van der Waals surface area (Å²) in [5.74, 6) is 0. The zero-order chi connectivity index (χ0) is 11.0. The number of halogens is 1. The smallest absolute Gasteiger partial charge is 0.208 e. The monoisotopic (exact) mass is 222 g/mol. The maximum absolute atomic E-state index is 11.7. The van der Waals surface area contributed by atoms with Crippen LogP contribution >= 0.6 is 11.6 Å². The van der Waals surface area contributed by atoms with E-state index in [0.717, 1.165) is 11.2 Å². The van der Waals surface area contributed by atoms with Gasteiger partial charge in [-0.1, -0.05) is 11.6 Å². The molecular formula is C11H11ClN2O. The first-order valence-electron chi connectivity index (χ1n) is 4.58. The van der Waals surface area contributed by atoms with Crippen LogP contribution in [0.5, 0.6) is 0 Å². The number of hydrogen-bond donors (Lipinski definition) is 1. The molecule has 0 radical (unpaired) electrons. The van der Waals surface area contributed by atoms with E-state index >= 15 is 0 Å². The fourth-order valence-corrected chi connectivity index (χ4v) is 1.62. The van der Waals surface area contributed by atoms with Crippen molar-refractivity contribution in [3.8, 4) is 0 Å². The molecule has 0 amide bonds. The highest BCUT2D eigenvalue weighted by atomic mass is 35.5. The van der Waals surface area contributed by atoms with Crippen LogP contribution in [-0.2, 0) is 0 Å². The van der Waals surface area contributed by atoms with E-state index in [-0.39, 0.29) is 10.5 Å². The molecule has 1 aromatic carbocycles. The lowest BCUT2D eigenvalue weighted by atomic mass is 10.2. The second kappa shape index (κ2) is 3.59. The summed E-state index contributed by atoms with van der Waals surface area (Å²) < 4.78 is 0. The largest absolute Gasteiger partial charge is 0.378 e. The zero-order valence-electron chi connectivity index (χ0n) is 8.54. The van der Waals surface area contributed by atoms with E-state index in [9.17, 15) is 4.79 Å². The first-order valence-corrected chi connectivity index (χ1v) is 4.95. The number of aromatic nitrogens is 1. The summed E-state index contributed by atoms with van der Waals surface area (Å²) in [6, 6.07) is 5.66. The first kappa shape index (κ1) is 10.1. The minimum Gasteiger partial charge on any atom is -0.378 e. The molecule has 0 saturated carbocycles. The fourth-order valence-electron chi connectivity index (χ4n) is 1.46. The summed E-state index contributed by atoms with van der Waals surface area (Å²) in [6.45, 7) is 0. The molecule has 0 aliphatic carbocycles. The highest BCUT2D eigenvalue weighted by Crippen LogP contribution is 2.17. The molecule has 2 rings (SSSR count). The minimum absolute atomic E-state index is 0.130. The number of aromatic amines is 1. The maximum atomic E-state index is 11.7. The first-order chi connectivity index (χ1) is 7.09. The highest BCUT2D eigenvalue weighted by molar-refractivity contribution is 6.31. The van der Waals surface area contributed by atoms with Crippen LogP contribution in [0.2, 0.25) is 5.02 Å². The van der Waals surface area contributed by atoms with Gasteiger partial charge in [0.25, 0.3) is 0 Å². The van der Waals surface area contributed by atoms with Gasteiger partial charge in [0.1, 0.15) is 5.02 Å². The van der Waals surface area contributed by atoms with Gasteiger partial charge < -0.3 is 9.88 Å². The van der Waals surface area contributed by atoms with Gasteiger partial charge in [0.05, 0.1) is 0 Å². The lowest BCUT2D eigenvalue weighted by Crippen LogP contribution is -2.10. The third-order valence-electron chi connectivity index (χ3n) is 2.34. The van der Waals surface area contributed by atoms with Crippen LogP contribution in [0.1, 0.15) is 0 Å². The predicted molar refractivity (Wildman–Crippen MR) is 63.9 cm³/mol. The lowest BCUT2D eigenvalue weighted by molar-refractivity contribution is 1.13. The van der Waals surface area contributed by atoms with Gasteiger partial charge in [0.15, 0.2) is 0 Å². The number of nitrogens with zero attached hydrogens (tertiary/aromatic N) is 1. The average molecular weight is 223 g/mol. The Kier molecular flexibility index (Phi) is 2.40. The Morgan fingerprint density at radius 3 is 2.73 bits per heavy atom. The average Bonchev–Trinajstić information content (AvgIpc) is 2.23. The van der Waals surface area contributed by atoms with Crippen LogP contribution in [-0.4, -0.2) is 19.1 Å². The Morgan fingerprint density at radius 1 is 1.33 bits per heavy atom. The van der Waals surface area contributed by atoms with Gasteiger partial charge in [-0.25, -0.2) is 0 Å². The van der Waals surface area contributed by atoms with Crippen molar-refractivity contribution in [1.82, 2.24) is 4.98 Å². The Bertz CT molecular complexity index is 560. The van der Waals surface area contributed by atoms with Crippen molar-refractivity contribution in [2.24, 2.45) is 0 Å². The maximum Gasteiger partial charge on any atom is 0.208 e. The molecule has 0 spiro atoms. The van der Waals surface area contributed by atoms with Crippen molar-refractivity contribution >= 4 is 28.2 Å². The minimum atomic E-state index is -0.130. The molecule has 4 heteroatoms. The Morgan fingerprint density at radius 2 is 2.07 bits per heavy atom. The summed E-state index contributed by atoms with van der Waals surface area (Å²) in [6.07, 6.45) is 1.52. The molecule has 1 N–H and O–H groups in total. The van der Waals surface area contributed by atoms with Crippen molar-refractivity contribution in [2.45, 2.75) is 0 Å². The van der Waals surface area contributed by atoms with Crippen LogP contribution in [0.25, 0.3) is 10.9 Å². The molecule has 0 unspecified atom stereocenters. The molecule has 0 saturated heterocycles. The van der Waals surface area contributed by atoms with E-state index in [0.29, 0.717) is 5.39 Å². The Labute approximate surface area is 92.3 Å². The van der Waals surface area contributed by atoms with Gasteiger partial charge in [-0.2, -0.15) is 0 Å². The van der Waals surface area contributed by atoms with Crippen LogP contribution in [0.3, 0.4) is 0 Å². The lowest BCUT2D eigenvalue weighted by Gasteiger charge is -2.12. The molecule has 1 heterocycles. The van der Waals surface area contributed by atoms with E-state index in [1.807, 2.05) is 37.2 Å². The molecule has 0 fully saturated rings. The number of fused-ring (bicyclic) bond motifs is 1. The van der Waals surface area contributed by atoms with Gasteiger partial charge in [-0.3, -0.25) is 4.79 Å². The molecule has 0 aliphatic heterocycles. The summed E-state index contributed by atoms with van der Waals surface area (Å²) in [7, 11) is 3.86. The molecule has 0 bridgehead atoms. The van der Waals surface area contributed by atoms with Crippen molar-refractivity contribution in [3.63, 3.8) is 0 Å². The summed E-state index contributed by atoms with van der Waals surface area (Å²) in [5, 5.41) is 0.840. The molecule has 3 nitrogen and oxygen atoms in total. The topological polar surface area (TPSA) is 36.1 Å². The Hall–Kier alpha value is -1.48. The second-order valence-corrected chi connectivity index (χ2v) is 4.00. The number of H-pyrrole nitrogens is 1. The third kappa shape index (κ3) is 1.70. The molecule has 15 heavy (non-hydrogen) atoms. The van der Waals surface area contributed by atoms with E-state index in [4.69, 9.17) is 11.6 Å². The van der Waals surface area contributed by atoms with Gasteiger partial charge in [-0.05, 0) is 18.2 Å². The van der Waals surface area contributed by atoms with Gasteiger partial charge in [0.2, 0.25) is 5.43 Å². The van der Waals surface area contributed by atoms with Crippen molar-refractivity contribution in [1.29, 1.82) is 0 Å². The fraction of sp³-hybridized carbons (Fsp3) is 0.182. The van der Waals surface area contributed by atoms with Crippen LogP contribution in [0.15, 0.2) is 29.2 Å². The number of rotatable bonds is 1. The van der Waals surface area contributed by atoms with E-state index in [1.54, 1.807) is 0 Å². The SMILES string of the molecule is CN(C)c1ccc2[nH]cc(Cl)c(=O)c2c1. The summed E-state index contributed by atoms with van der Waals surface area (Å²) in [4.78, 5) is 16.7. The normalized spacial score (nSPS) is 10.6. The van der Waals surface area contributed by atoms with Crippen LogP contribution in [0.4, 0.5) is 5.69 Å². The third-order valence-corrected chi connectivity index (χ3v) is 2.62. The molecular weight excluding hydrogens is 212 g/mol. The number of benzene rings is 1. The Balaban J connectivity index is 2.80. The standard InChI is InChI=1S/C11H11ClN2O/c1-14(2)7-3-4-10-8(5-7)11(15)9(12)6-13-10/h3-6H,1-2H3,(H,13,15). The van der Waals surface area contributed by atoms with Gasteiger partial charge >= 0.3 is 0 Å². The molecule has 1 aromatic heterocycles. The number of pyridine rings is 1. The van der Waals surface area contributed by atoms with E-state index in [2.05, 4.69) is 4.98 Å². The van der Waals surface area contributed by atoms with Crippen molar-refractivity contribution < 1.29 is 0 Å². The number of nitrogens with one attached hydrogen (secondary N) is 1. The van der Waals surface area contributed by atoms with E-state index < -0.39 is 0 Å². The van der Waals surface area contributed by atoms with E-state index in [1.165, 1.54) is 6.20 Å².